The number of hydrogen-bond donors (Lipinski definition) is 1. The normalized spacial score (nSPS) is 10.4. The Morgan fingerprint density at radius 2 is 2.15 bits per heavy atom. The molecule has 0 fully saturated rings. The van der Waals surface area contributed by atoms with E-state index in [9.17, 15) is 4.79 Å². The maximum Gasteiger partial charge on any atom is 0.264 e. The fraction of sp³-hybridized carbons (Fsp3) is 0.357. The molecule has 0 unspecified atom stereocenters. The van der Waals surface area contributed by atoms with Gasteiger partial charge in [0, 0.05) is 11.4 Å². The van der Waals surface area contributed by atoms with Gasteiger partial charge in [-0.1, -0.05) is 29.6 Å². The Morgan fingerprint density at radius 1 is 1.35 bits per heavy atom. The molecule has 20 heavy (non-hydrogen) atoms. The number of carbonyl (C=O) groups is 1. The maximum atomic E-state index is 11.9. The molecule has 0 atom stereocenters. The van der Waals surface area contributed by atoms with E-state index < -0.39 is 0 Å². The number of rotatable bonds is 7. The first-order chi connectivity index (χ1) is 9.81. The second-order valence-electron chi connectivity index (χ2n) is 4.17. The van der Waals surface area contributed by atoms with E-state index in [-0.39, 0.29) is 5.91 Å². The molecule has 0 bridgehead atoms. The third-order valence-electron chi connectivity index (χ3n) is 2.72. The molecule has 1 amide bonds. The summed E-state index contributed by atoms with van der Waals surface area (Å²) in [5.74, 6) is 0.938. The smallest absolute Gasteiger partial charge is 0.264 e. The van der Waals surface area contributed by atoms with Crippen LogP contribution in [0.2, 0.25) is 0 Å². The number of nitrogens with zero attached hydrogens (tertiary/aromatic N) is 2. The molecule has 0 spiro atoms. The summed E-state index contributed by atoms with van der Waals surface area (Å²) in [7, 11) is 0. The zero-order valence-electron chi connectivity index (χ0n) is 11.3. The first kappa shape index (κ1) is 15.0. The van der Waals surface area contributed by atoms with Crippen molar-refractivity contribution in [3.05, 3.63) is 40.9 Å². The topological polar surface area (TPSA) is 54.9 Å². The Balaban J connectivity index is 1.67. The standard InChI is InChI=1S/C14H17N3OS2/c1-2-12-13(20-17-16-12)14(18)15-9-6-10-19-11-7-4-3-5-8-11/h3-5,7-8H,2,6,9-10H2,1H3,(H,15,18). The molecule has 6 heteroatoms. The molecule has 1 heterocycles. The molecular weight excluding hydrogens is 290 g/mol. The van der Waals surface area contributed by atoms with Crippen LogP contribution in [0.4, 0.5) is 0 Å². The molecular formula is C14H17N3OS2. The lowest BCUT2D eigenvalue weighted by Crippen LogP contribution is -2.24. The highest BCUT2D eigenvalue weighted by Crippen LogP contribution is 2.17. The number of benzene rings is 1. The summed E-state index contributed by atoms with van der Waals surface area (Å²) in [4.78, 5) is 13.8. The summed E-state index contributed by atoms with van der Waals surface area (Å²) in [5.41, 5.74) is 0.783. The van der Waals surface area contributed by atoms with Gasteiger partial charge in [0.25, 0.3) is 5.91 Å². The zero-order chi connectivity index (χ0) is 14.2. The van der Waals surface area contributed by atoms with Gasteiger partial charge >= 0.3 is 0 Å². The van der Waals surface area contributed by atoms with E-state index in [1.807, 2.05) is 25.1 Å². The van der Waals surface area contributed by atoms with Crippen molar-refractivity contribution < 1.29 is 4.79 Å². The third kappa shape index (κ3) is 4.31. The van der Waals surface area contributed by atoms with Crippen LogP contribution in [0.3, 0.4) is 0 Å². The minimum Gasteiger partial charge on any atom is -0.351 e. The second kappa shape index (κ2) is 8.01. The number of aromatic nitrogens is 2. The van der Waals surface area contributed by atoms with Gasteiger partial charge in [0.15, 0.2) is 0 Å². The molecule has 0 saturated heterocycles. The van der Waals surface area contributed by atoms with Crippen LogP contribution in [0.25, 0.3) is 0 Å². The van der Waals surface area contributed by atoms with Crippen molar-refractivity contribution in [1.29, 1.82) is 0 Å². The lowest BCUT2D eigenvalue weighted by Gasteiger charge is -2.04. The quantitative estimate of drug-likeness (QED) is 0.631. The largest absolute Gasteiger partial charge is 0.351 e. The number of nitrogens with one attached hydrogen (secondary N) is 1. The SMILES string of the molecule is CCc1nnsc1C(=O)NCCCSc1ccccc1. The molecule has 4 nitrogen and oxygen atoms in total. The van der Waals surface area contributed by atoms with Crippen molar-refractivity contribution in [1.82, 2.24) is 14.9 Å². The Hall–Kier alpha value is -1.40. The van der Waals surface area contributed by atoms with Crippen molar-refractivity contribution in [2.45, 2.75) is 24.7 Å². The van der Waals surface area contributed by atoms with E-state index >= 15 is 0 Å². The summed E-state index contributed by atoms with van der Waals surface area (Å²) < 4.78 is 3.82. The first-order valence-corrected chi connectivity index (χ1v) is 8.34. The van der Waals surface area contributed by atoms with E-state index in [4.69, 9.17) is 0 Å². The van der Waals surface area contributed by atoms with Crippen molar-refractivity contribution in [2.75, 3.05) is 12.3 Å². The Labute approximate surface area is 127 Å². The summed E-state index contributed by atoms with van der Waals surface area (Å²) in [6.45, 7) is 2.66. The first-order valence-electron chi connectivity index (χ1n) is 6.58. The van der Waals surface area contributed by atoms with Crippen LogP contribution in [0.5, 0.6) is 0 Å². The highest BCUT2D eigenvalue weighted by atomic mass is 32.2. The Bertz CT molecular complexity index is 542. The molecule has 0 radical (unpaired) electrons. The van der Waals surface area contributed by atoms with E-state index in [0.29, 0.717) is 11.4 Å². The van der Waals surface area contributed by atoms with Crippen LogP contribution < -0.4 is 5.32 Å². The van der Waals surface area contributed by atoms with Gasteiger partial charge in [-0.25, -0.2) is 0 Å². The molecule has 0 saturated carbocycles. The highest BCUT2D eigenvalue weighted by molar-refractivity contribution is 7.99. The van der Waals surface area contributed by atoms with Gasteiger partial charge in [0.05, 0.1) is 5.69 Å². The fourth-order valence-electron chi connectivity index (χ4n) is 1.67. The van der Waals surface area contributed by atoms with Gasteiger partial charge < -0.3 is 5.32 Å². The van der Waals surface area contributed by atoms with E-state index in [2.05, 4.69) is 27.0 Å². The van der Waals surface area contributed by atoms with Crippen molar-refractivity contribution in [3.8, 4) is 0 Å². The second-order valence-corrected chi connectivity index (χ2v) is 6.10. The molecule has 0 aliphatic heterocycles. The third-order valence-corrected chi connectivity index (χ3v) is 4.58. The Kier molecular flexibility index (Phi) is 6.01. The molecule has 1 aromatic heterocycles. The summed E-state index contributed by atoms with van der Waals surface area (Å²) >= 11 is 2.97. The van der Waals surface area contributed by atoms with Crippen LogP contribution in [-0.2, 0) is 6.42 Å². The Morgan fingerprint density at radius 3 is 2.90 bits per heavy atom. The molecule has 0 aliphatic carbocycles. The van der Waals surface area contributed by atoms with Crippen LogP contribution in [-0.4, -0.2) is 27.8 Å². The number of aryl methyl sites for hydroxylation is 1. The molecule has 1 aromatic carbocycles. The molecule has 1 N–H and O–H groups in total. The molecule has 2 rings (SSSR count). The minimum absolute atomic E-state index is 0.0541. The van der Waals surface area contributed by atoms with E-state index in [0.717, 1.165) is 35.8 Å². The van der Waals surface area contributed by atoms with Gasteiger partial charge in [-0.3, -0.25) is 4.79 Å². The van der Waals surface area contributed by atoms with Gasteiger partial charge in [0.1, 0.15) is 4.88 Å². The predicted octanol–water partition coefficient (Wildman–Crippen LogP) is 3.01. The van der Waals surface area contributed by atoms with Crippen LogP contribution in [0.15, 0.2) is 35.2 Å². The van der Waals surface area contributed by atoms with E-state index in [1.165, 1.54) is 4.90 Å². The summed E-state index contributed by atoms with van der Waals surface area (Å²) in [6, 6.07) is 10.3. The lowest BCUT2D eigenvalue weighted by atomic mass is 10.3. The maximum absolute atomic E-state index is 11.9. The highest BCUT2D eigenvalue weighted by Gasteiger charge is 2.13. The fourth-order valence-corrected chi connectivity index (χ4v) is 3.21. The minimum atomic E-state index is -0.0541. The molecule has 0 aliphatic rings. The summed E-state index contributed by atoms with van der Waals surface area (Å²) in [6.07, 6.45) is 1.68. The number of carbonyl (C=O) groups excluding carboxylic acids is 1. The number of hydrogen-bond acceptors (Lipinski definition) is 5. The van der Waals surface area contributed by atoms with Crippen molar-refractivity contribution in [3.63, 3.8) is 0 Å². The van der Waals surface area contributed by atoms with E-state index in [1.54, 1.807) is 11.8 Å². The van der Waals surface area contributed by atoms with Crippen molar-refractivity contribution >= 4 is 29.2 Å². The van der Waals surface area contributed by atoms with Crippen molar-refractivity contribution in [2.24, 2.45) is 0 Å². The average molecular weight is 307 g/mol. The predicted molar refractivity (Wildman–Crippen MR) is 83.4 cm³/mol. The number of amides is 1. The monoisotopic (exact) mass is 307 g/mol. The lowest BCUT2D eigenvalue weighted by molar-refractivity contribution is 0.0957. The van der Waals surface area contributed by atoms with Gasteiger partial charge in [-0.05, 0) is 42.3 Å². The summed E-state index contributed by atoms with van der Waals surface area (Å²) in [5, 5.41) is 6.87. The van der Waals surface area contributed by atoms with Crippen LogP contribution in [0.1, 0.15) is 28.7 Å². The van der Waals surface area contributed by atoms with Crippen LogP contribution >= 0.6 is 23.3 Å². The van der Waals surface area contributed by atoms with Gasteiger partial charge in [-0.15, -0.1) is 16.9 Å². The molecule has 106 valence electrons. The van der Waals surface area contributed by atoms with Crippen LogP contribution in [0, 0.1) is 0 Å². The van der Waals surface area contributed by atoms with Gasteiger partial charge in [-0.2, -0.15) is 0 Å². The zero-order valence-corrected chi connectivity index (χ0v) is 13.0. The average Bonchev–Trinajstić information content (AvgIpc) is 2.96. The number of thioether (sulfide) groups is 1. The van der Waals surface area contributed by atoms with Gasteiger partial charge in [0.2, 0.25) is 0 Å². The molecule has 2 aromatic rings.